The number of hydrogen-bond donors (Lipinski definition) is 0. The largest absolute Gasteiger partial charge is 0.497 e. The molecule has 0 unspecified atom stereocenters. The maximum atomic E-state index is 13.2. The molecule has 196 valence electrons. The van der Waals surface area contributed by atoms with E-state index in [2.05, 4.69) is 15.1 Å². The van der Waals surface area contributed by atoms with Gasteiger partial charge < -0.3 is 14.5 Å². The van der Waals surface area contributed by atoms with Crippen LogP contribution in [-0.2, 0) is 14.8 Å². The first-order valence-electron chi connectivity index (χ1n) is 12.4. The minimum Gasteiger partial charge on any atom is -0.497 e. The molecule has 10 heteroatoms. The molecule has 3 aromatic rings. The molecule has 2 heterocycles. The van der Waals surface area contributed by atoms with Gasteiger partial charge in [0.05, 0.1) is 24.2 Å². The first-order valence-corrected chi connectivity index (χ1v) is 13.8. The van der Waals surface area contributed by atoms with Crippen LogP contribution in [0.2, 0.25) is 0 Å². The third-order valence-electron chi connectivity index (χ3n) is 6.42. The smallest absolute Gasteiger partial charge is 0.243 e. The molecule has 0 radical (unpaired) electrons. The van der Waals surface area contributed by atoms with Crippen LogP contribution < -0.4 is 9.64 Å². The summed E-state index contributed by atoms with van der Waals surface area (Å²) in [6.45, 7) is 6.10. The lowest BCUT2D eigenvalue weighted by Gasteiger charge is -2.36. The van der Waals surface area contributed by atoms with Gasteiger partial charge in [0.25, 0.3) is 0 Å². The fourth-order valence-electron chi connectivity index (χ4n) is 4.26. The lowest BCUT2D eigenvalue weighted by atomic mass is 10.1. The van der Waals surface area contributed by atoms with E-state index in [-0.39, 0.29) is 23.9 Å². The van der Waals surface area contributed by atoms with Gasteiger partial charge in [-0.15, -0.1) is 10.2 Å². The van der Waals surface area contributed by atoms with Crippen molar-refractivity contribution in [3.05, 3.63) is 66.2 Å². The SMILES string of the molecule is CCCN(CC(=O)N1CCN(c2ccc(-c3cccc(OC)c3)nn2)CC1)S(=O)(=O)c1ccc(C)cc1. The Morgan fingerprint density at radius 2 is 1.73 bits per heavy atom. The van der Waals surface area contributed by atoms with Gasteiger partial charge in [0.2, 0.25) is 15.9 Å². The van der Waals surface area contributed by atoms with Gasteiger partial charge in [-0.2, -0.15) is 4.31 Å². The fraction of sp³-hybridized carbons (Fsp3) is 0.370. The highest BCUT2D eigenvalue weighted by atomic mass is 32.2. The summed E-state index contributed by atoms with van der Waals surface area (Å²) in [5.74, 6) is 1.31. The van der Waals surface area contributed by atoms with Crippen LogP contribution in [0.1, 0.15) is 18.9 Å². The van der Waals surface area contributed by atoms with Crippen LogP contribution in [0.15, 0.2) is 65.6 Å². The first kappa shape index (κ1) is 26.6. The topological polar surface area (TPSA) is 95.9 Å². The average molecular weight is 524 g/mol. The number of sulfonamides is 1. The summed E-state index contributed by atoms with van der Waals surface area (Å²) >= 11 is 0. The zero-order valence-corrected chi connectivity index (χ0v) is 22.3. The van der Waals surface area contributed by atoms with Crippen molar-refractivity contribution in [2.24, 2.45) is 0 Å². The molecule has 1 aliphatic heterocycles. The monoisotopic (exact) mass is 523 g/mol. The highest BCUT2D eigenvalue weighted by Gasteiger charge is 2.29. The van der Waals surface area contributed by atoms with Crippen molar-refractivity contribution in [3.63, 3.8) is 0 Å². The molecule has 2 aromatic carbocycles. The Hall–Kier alpha value is -3.50. The summed E-state index contributed by atoms with van der Waals surface area (Å²) in [6.07, 6.45) is 0.622. The number of carbonyl (C=O) groups excluding carboxylic acids is 1. The number of aromatic nitrogens is 2. The van der Waals surface area contributed by atoms with Crippen LogP contribution in [0.25, 0.3) is 11.3 Å². The highest BCUT2D eigenvalue weighted by Crippen LogP contribution is 2.23. The minimum absolute atomic E-state index is 0.168. The molecule has 37 heavy (non-hydrogen) atoms. The van der Waals surface area contributed by atoms with E-state index in [0.717, 1.165) is 28.4 Å². The second-order valence-corrected chi connectivity index (χ2v) is 11.0. The summed E-state index contributed by atoms with van der Waals surface area (Å²) in [6, 6.07) is 18.2. The van der Waals surface area contributed by atoms with E-state index < -0.39 is 10.0 Å². The zero-order chi connectivity index (χ0) is 26.4. The Bertz CT molecular complexity index is 1310. The normalized spacial score (nSPS) is 14.2. The van der Waals surface area contributed by atoms with Crippen LogP contribution in [0.4, 0.5) is 5.82 Å². The van der Waals surface area contributed by atoms with Crippen LogP contribution in [0.5, 0.6) is 5.75 Å². The Morgan fingerprint density at radius 3 is 2.35 bits per heavy atom. The van der Waals surface area contributed by atoms with E-state index >= 15 is 0 Å². The molecule has 1 fully saturated rings. The van der Waals surface area contributed by atoms with Gasteiger partial charge in [-0.1, -0.05) is 36.8 Å². The predicted molar refractivity (Wildman–Crippen MR) is 143 cm³/mol. The molecular formula is C27H33N5O4S. The molecule has 4 rings (SSSR count). The van der Waals surface area contributed by atoms with Crippen LogP contribution in [0.3, 0.4) is 0 Å². The molecular weight excluding hydrogens is 490 g/mol. The number of hydrogen-bond acceptors (Lipinski definition) is 7. The summed E-state index contributed by atoms with van der Waals surface area (Å²) in [7, 11) is -2.12. The molecule has 1 aliphatic rings. The average Bonchev–Trinajstić information content (AvgIpc) is 2.93. The Labute approximate surface area is 218 Å². The number of nitrogens with zero attached hydrogens (tertiary/aromatic N) is 5. The van der Waals surface area contributed by atoms with Crippen molar-refractivity contribution >= 4 is 21.7 Å². The van der Waals surface area contributed by atoms with E-state index in [0.29, 0.717) is 32.6 Å². The van der Waals surface area contributed by atoms with Crippen molar-refractivity contribution in [2.75, 3.05) is 51.3 Å². The highest BCUT2D eigenvalue weighted by molar-refractivity contribution is 7.89. The molecule has 0 N–H and O–H groups in total. The van der Waals surface area contributed by atoms with E-state index in [9.17, 15) is 13.2 Å². The van der Waals surface area contributed by atoms with Gasteiger partial charge in [0, 0.05) is 38.3 Å². The second-order valence-electron chi connectivity index (χ2n) is 9.03. The number of ether oxygens (including phenoxy) is 1. The molecule has 1 aromatic heterocycles. The zero-order valence-electron chi connectivity index (χ0n) is 21.5. The van der Waals surface area contributed by atoms with Gasteiger partial charge in [-0.25, -0.2) is 8.42 Å². The van der Waals surface area contributed by atoms with Crippen molar-refractivity contribution < 1.29 is 17.9 Å². The third-order valence-corrected chi connectivity index (χ3v) is 8.28. The summed E-state index contributed by atoms with van der Waals surface area (Å²) in [4.78, 5) is 17.1. The van der Waals surface area contributed by atoms with Crippen molar-refractivity contribution in [1.29, 1.82) is 0 Å². The Morgan fingerprint density at radius 1 is 1.00 bits per heavy atom. The summed E-state index contributed by atoms with van der Waals surface area (Å²) in [5.41, 5.74) is 2.66. The van der Waals surface area contributed by atoms with Crippen molar-refractivity contribution in [1.82, 2.24) is 19.4 Å². The van der Waals surface area contributed by atoms with Gasteiger partial charge in [-0.05, 0) is 49.7 Å². The predicted octanol–water partition coefficient (Wildman–Crippen LogP) is 3.21. The molecule has 0 atom stereocenters. The number of aryl methyl sites for hydroxylation is 1. The quantitative estimate of drug-likeness (QED) is 0.425. The number of carbonyl (C=O) groups is 1. The molecule has 0 saturated carbocycles. The van der Waals surface area contributed by atoms with Gasteiger partial charge in [-0.3, -0.25) is 4.79 Å². The lowest BCUT2D eigenvalue weighted by Crippen LogP contribution is -2.52. The van der Waals surface area contributed by atoms with E-state index in [1.165, 1.54) is 4.31 Å². The van der Waals surface area contributed by atoms with E-state index in [1.807, 2.05) is 50.2 Å². The Balaban J connectivity index is 1.37. The van der Waals surface area contributed by atoms with Crippen LogP contribution in [-0.4, -0.2) is 80.1 Å². The molecule has 0 bridgehead atoms. The third kappa shape index (κ3) is 6.26. The van der Waals surface area contributed by atoms with E-state index in [4.69, 9.17) is 4.74 Å². The lowest BCUT2D eigenvalue weighted by molar-refractivity contribution is -0.131. The number of methoxy groups -OCH3 is 1. The molecule has 1 amide bonds. The number of anilines is 1. The number of benzene rings is 2. The van der Waals surface area contributed by atoms with Crippen LogP contribution in [0, 0.1) is 6.92 Å². The number of rotatable bonds is 9. The van der Waals surface area contributed by atoms with Crippen molar-refractivity contribution in [3.8, 4) is 17.0 Å². The Kier molecular flexibility index (Phi) is 8.40. The fourth-order valence-corrected chi connectivity index (χ4v) is 5.74. The number of amides is 1. The van der Waals surface area contributed by atoms with Gasteiger partial charge in [0.1, 0.15) is 5.75 Å². The standard InChI is InChI=1S/C27H33N5O4S/c1-4-14-32(37(34,35)24-10-8-21(2)9-11-24)20-27(33)31-17-15-30(16-18-31)26-13-12-25(28-29-26)22-6-5-7-23(19-22)36-3/h5-13,19H,4,14-18,20H2,1-3H3. The molecule has 0 spiro atoms. The first-order chi connectivity index (χ1) is 17.8. The minimum atomic E-state index is -3.75. The van der Waals surface area contributed by atoms with Crippen LogP contribution >= 0.6 is 0 Å². The van der Waals surface area contributed by atoms with Gasteiger partial charge >= 0.3 is 0 Å². The second kappa shape index (κ2) is 11.7. The number of piperazine rings is 1. The maximum Gasteiger partial charge on any atom is 0.243 e. The maximum absolute atomic E-state index is 13.2. The van der Waals surface area contributed by atoms with Crippen molar-refractivity contribution in [2.45, 2.75) is 25.2 Å². The molecule has 0 aliphatic carbocycles. The van der Waals surface area contributed by atoms with E-state index in [1.54, 1.807) is 36.3 Å². The summed E-state index contributed by atoms with van der Waals surface area (Å²) < 4.78 is 32.9. The molecule has 9 nitrogen and oxygen atoms in total. The molecule has 1 saturated heterocycles. The summed E-state index contributed by atoms with van der Waals surface area (Å²) in [5, 5.41) is 8.77. The van der Waals surface area contributed by atoms with Gasteiger partial charge in [0.15, 0.2) is 5.82 Å².